The summed E-state index contributed by atoms with van der Waals surface area (Å²) in [5.74, 6) is 0.658. The summed E-state index contributed by atoms with van der Waals surface area (Å²) in [7, 11) is -3.34. The summed E-state index contributed by atoms with van der Waals surface area (Å²) in [6.07, 6.45) is 0. The minimum atomic E-state index is -3.34. The maximum absolute atomic E-state index is 11.3. The summed E-state index contributed by atoms with van der Waals surface area (Å²) in [4.78, 5) is 0. The van der Waals surface area contributed by atoms with E-state index in [1.165, 1.54) is 0 Å². The predicted molar refractivity (Wildman–Crippen MR) is 52.6 cm³/mol. The van der Waals surface area contributed by atoms with Crippen molar-refractivity contribution < 1.29 is 12.9 Å². The molecular weight excluding hydrogens is 228 g/mol. The van der Waals surface area contributed by atoms with E-state index in [1.54, 1.807) is 13.0 Å². The van der Waals surface area contributed by atoms with Crippen LogP contribution in [0.25, 0.3) is 0 Å². The van der Waals surface area contributed by atoms with Gasteiger partial charge in [0.25, 0.3) is 0 Å². The Balaban J connectivity index is 2.59. The lowest BCUT2D eigenvalue weighted by Gasteiger charge is -2.01. The van der Waals surface area contributed by atoms with Crippen LogP contribution in [0.5, 0.6) is 0 Å². The molecule has 5 nitrogen and oxygen atoms in total. The van der Waals surface area contributed by atoms with Crippen molar-refractivity contribution >= 4 is 21.6 Å². The number of halogens is 1. The molecule has 1 heterocycles. The van der Waals surface area contributed by atoms with E-state index >= 15 is 0 Å². The van der Waals surface area contributed by atoms with Crippen LogP contribution in [0.3, 0.4) is 0 Å². The molecule has 80 valence electrons. The molecule has 0 aliphatic rings. The van der Waals surface area contributed by atoms with Crippen molar-refractivity contribution in [2.75, 3.05) is 12.4 Å². The van der Waals surface area contributed by atoms with Crippen LogP contribution in [0.1, 0.15) is 11.5 Å². The molecule has 0 unspecified atom stereocenters. The molecule has 0 aromatic carbocycles. The first-order valence-electron chi connectivity index (χ1n) is 3.99. The average molecular weight is 239 g/mol. The van der Waals surface area contributed by atoms with Crippen LogP contribution in [0.15, 0.2) is 10.6 Å². The average Bonchev–Trinajstić information content (AvgIpc) is 2.47. The van der Waals surface area contributed by atoms with E-state index < -0.39 is 10.0 Å². The molecule has 1 rings (SSSR count). The number of sulfonamides is 1. The third-order valence-electron chi connectivity index (χ3n) is 1.43. The highest BCUT2D eigenvalue weighted by atomic mass is 35.5. The largest absolute Gasteiger partial charge is 0.361 e. The lowest BCUT2D eigenvalue weighted by Crippen LogP contribution is -2.27. The predicted octanol–water partition coefficient (Wildman–Crippen LogP) is 0.641. The van der Waals surface area contributed by atoms with Crippen LogP contribution in [0.4, 0.5) is 0 Å². The van der Waals surface area contributed by atoms with Gasteiger partial charge in [-0.25, -0.2) is 13.1 Å². The Morgan fingerprint density at radius 3 is 2.86 bits per heavy atom. The molecule has 14 heavy (non-hydrogen) atoms. The maximum Gasteiger partial charge on any atom is 0.217 e. The topological polar surface area (TPSA) is 72.2 Å². The van der Waals surface area contributed by atoms with Crippen LogP contribution in [-0.2, 0) is 15.8 Å². The van der Waals surface area contributed by atoms with E-state index in [1.807, 2.05) is 0 Å². The van der Waals surface area contributed by atoms with Gasteiger partial charge >= 0.3 is 0 Å². The Labute approximate surface area is 87.5 Å². The smallest absolute Gasteiger partial charge is 0.217 e. The highest BCUT2D eigenvalue weighted by Gasteiger charge is 2.13. The van der Waals surface area contributed by atoms with Crippen LogP contribution >= 0.6 is 11.6 Å². The number of rotatable bonds is 5. The molecular formula is C7H11ClN2O3S. The van der Waals surface area contributed by atoms with Gasteiger partial charge in [0.1, 0.15) is 17.2 Å². The lowest BCUT2D eigenvalue weighted by atomic mass is 10.4. The summed E-state index contributed by atoms with van der Waals surface area (Å²) in [6, 6.07) is 1.58. The van der Waals surface area contributed by atoms with Crippen molar-refractivity contribution in [3.63, 3.8) is 0 Å². The third-order valence-corrected chi connectivity index (χ3v) is 2.94. The minimum absolute atomic E-state index is 0.179. The number of hydrogen-bond donors (Lipinski definition) is 1. The molecule has 0 bridgehead atoms. The number of nitrogens with zero attached hydrogens (tertiary/aromatic N) is 1. The van der Waals surface area contributed by atoms with Crippen molar-refractivity contribution in [1.29, 1.82) is 0 Å². The third kappa shape index (κ3) is 3.65. The molecule has 1 aromatic heterocycles. The molecule has 0 aliphatic carbocycles. The molecule has 0 spiro atoms. The number of aromatic nitrogens is 1. The Bertz CT molecular complexity index is 387. The van der Waals surface area contributed by atoms with Crippen molar-refractivity contribution in [2.24, 2.45) is 0 Å². The Kier molecular flexibility index (Phi) is 3.91. The first-order chi connectivity index (χ1) is 6.53. The van der Waals surface area contributed by atoms with E-state index in [4.69, 9.17) is 16.1 Å². The molecule has 0 atom stereocenters. The quantitative estimate of drug-likeness (QED) is 0.765. The van der Waals surface area contributed by atoms with Crippen LogP contribution in [0, 0.1) is 6.92 Å². The molecule has 0 amide bonds. The highest BCUT2D eigenvalue weighted by Crippen LogP contribution is 2.05. The van der Waals surface area contributed by atoms with E-state index in [-0.39, 0.29) is 18.2 Å². The zero-order valence-electron chi connectivity index (χ0n) is 7.66. The second kappa shape index (κ2) is 4.77. The van der Waals surface area contributed by atoms with Crippen LogP contribution in [-0.4, -0.2) is 26.0 Å². The van der Waals surface area contributed by atoms with Gasteiger partial charge in [-0.1, -0.05) is 5.16 Å². The number of nitrogens with one attached hydrogen (secondary N) is 1. The van der Waals surface area contributed by atoms with Gasteiger partial charge in [-0.15, -0.1) is 11.6 Å². The Hall–Kier alpha value is -0.590. The van der Waals surface area contributed by atoms with Gasteiger partial charge in [-0.3, -0.25) is 0 Å². The molecule has 1 N–H and O–H groups in total. The Morgan fingerprint density at radius 1 is 1.64 bits per heavy atom. The van der Waals surface area contributed by atoms with Gasteiger partial charge < -0.3 is 4.52 Å². The van der Waals surface area contributed by atoms with E-state index in [0.717, 1.165) is 0 Å². The Morgan fingerprint density at radius 2 is 2.36 bits per heavy atom. The number of aryl methyl sites for hydroxylation is 1. The number of alkyl halides is 1. The lowest BCUT2D eigenvalue weighted by molar-refractivity contribution is 0.392. The van der Waals surface area contributed by atoms with Gasteiger partial charge in [0.15, 0.2) is 0 Å². The second-order valence-corrected chi connectivity index (χ2v) is 4.96. The van der Waals surface area contributed by atoms with Gasteiger partial charge in [0, 0.05) is 18.5 Å². The molecule has 1 aromatic rings. The summed E-state index contributed by atoms with van der Waals surface area (Å²) >= 11 is 5.35. The summed E-state index contributed by atoms with van der Waals surface area (Å²) in [5.41, 5.74) is 0.393. The molecule has 0 radical (unpaired) electrons. The fourth-order valence-electron chi connectivity index (χ4n) is 0.926. The van der Waals surface area contributed by atoms with Crippen molar-refractivity contribution in [3.8, 4) is 0 Å². The zero-order valence-corrected chi connectivity index (χ0v) is 9.23. The molecule has 0 fully saturated rings. The van der Waals surface area contributed by atoms with Crippen molar-refractivity contribution in [2.45, 2.75) is 12.7 Å². The van der Waals surface area contributed by atoms with E-state index in [9.17, 15) is 8.42 Å². The van der Waals surface area contributed by atoms with Gasteiger partial charge in [0.05, 0.1) is 0 Å². The first-order valence-corrected chi connectivity index (χ1v) is 6.17. The SMILES string of the molecule is Cc1cc(CS(=O)(=O)NCCCl)no1. The molecule has 0 saturated carbocycles. The standard InChI is InChI=1S/C7H11ClN2O3S/c1-6-4-7(10-13-6)5-14(11,12)9-3-2-8/h4,9H,2-3,5H2,1H3. The fraction of sp³-hybridized carbons (Fsp3) is 0.571. The van der Waals surface area contributed by atoms with Crippen LogP contribution in [0.2, 0.25) is 0 Å². The van der Waals surface area contributed by atoms with E-state index in [0.29, 0.717) is 11.5 Å². The summed E-state index contributed by atoms with van der Waals surface area (Å²) in [6.45, 7) is 1.93. The minimum Gasteiger partial charge on any atom is -0.361 e. The normalized spacial score (nSPS) is 11.9. The summed E-state index contributed by atoms with van der Waals surface area (Å²) < 4.78 is 29.7. The van der Waals surface area contributed by atoms with Crippen molar-refractivity contribution in [1.82, 2.24) is 9.88 Å². The number of hydrogen-bond acceptors (Lipinski definition) is 4. The van der Waals surface area contributed by atoms with Gasteiger partial charge in [0.2, 0.25) is 10.0 Å². The summed E-state index contributed by atoms with van der Waals surface area (Å²) in [5, 5.41) is 3.58. The molecule has 0 saturated heterocycles. The molecule has 0 aliphatic heterocycles. The zero-order chi connectivity index (χ0) is 10.6. The van der Waals surface area contributed by atoms with Gasteiger partial charge in [-0.2, -0.15) is 0 Å². The second-order valence-electron chi connectivity index (χ2n) is 2.77. The van der Waals surface area contributed by atoms with Crippen molar-refractivity contribution in [3.05, 3.63) is 17.5 Å². The highest BCUT2D eigenvalue weighted by molar-refractivity contribution is 7.88. The monoisotopic (exact) mass is 238 g/mol. The fourth-order valence-corrected chi connectivity index (χ4v) is 2.17. The van der Waals surface area contributed by atoms with Crippen LogP contribution < -0.4 is 4.72 Å². The van der Waals surface area contributed by atoms with Gasteiger partial charge in [-0.05, 0) is 6.92 Å². The maximum atomic E-state index is 11.3. The van der Waals surface area contributed by atoms with E-state index in [2.05, 4.69) is 9.88 Å². The first kappa shape index (κ1) is 11.5. The molecule has 7 heteroatoms.